The van der Waals surface area contributed by atoms with Crippen molar-refractivity contribution in [3.05, 3.63) is 59.0 Å². The van der Waals surface area contributed by atoms with Gasteiger partial charge in [0.2, 0.25) is 5.91 Å². The fourth-order valence-electron chi connectivity index (χ4n) is 2.96. The lowest BCUT2D eigenvalue weighted by Crippen LogP contribution is -2.16. The van der Waals surface area contributed by atoms with Crippen LogP contribution >= 0.6 is 11.8 Å². The summed E-state index contributed by atoms with van der Waals surface area (Å²) < 4.78 is 30.5. The highest BCUT2D eigenvalue weighted by Gasteiger charge is 2.30. The van der Waals surface area contributed by atoms with Gasteiger partial charge in [-0.1, -0.05) is 0 Å². The minimum absolute atomic E-state index is 0.0708. The Kier molecular flexibility index (Phi) is 4.03. The first-order valence-electron chi connectivity index (χ1n) is 7.89. The molecule has 0 saturated heterocycles. The molecule has 9 heteroatoms. The second-order valence-corrected chi connectivity index (χ2v) is 7.10. The molecule has 0 saturated carbocycles. The maximum absolute atomic E-state index is 14.2. The number of carbonyl (C=O) groups excluding carboxylic acids is 1. The number of fused-ring (bicyclic) bond motifs is 1. The summed E-state index contributed by atoms with van der Waals surface area (Å²) in [5.41, 5.74) is 2.76. The van der Waals surface area contributed by atoms with Crippen molar-refractivity contribution in [2.45, 2.75) is 12.2 Å². The number of rotatable bonds is 2. The third kappa shape index (κ3) is 2.68. The van der Waals surface area contributed by atoms with Crippen LogP contribution in [-0.4, -0.2) is 31.2 Å². The SMILES string of the molecule is Cc1c([C@H]2SCC(=O)Nc3c2cnn3-c2ccc(F)cc2F)cnn1C. The normalized spacial score (nSPS) is 16.9. The van der Waals surface area contributed by atoms with E-state index in [9.17, 15) is 13.6 Å². The van der Waals surface area contributed by atoms with Crippen LogP contribution in [0.5, 0.6) is 0 Å². The summed E-state index contributed by atoms with van der Waals surface area (Å²) in [6.07, 6.45) is 3.37. The van der Waals surface area contributed by atoms with Crippen molar-refractivity contribution in [3.8, 4) is 5.69 Å². The molecule has 0 unspecified atom stereocenters. The molecule has 26 heavy (non-hydrogen) atoms. The van der Waals surface area contributed by atoms with Gasteiger partial charge in [-0.15, -0.1) is 11.8 Å². The van der Waals surface area contributed by atoms with Gasteiger partial charge >= 0.3 is 0 Å². The van der Waals surface area contributed by atoms with Crippen LogP contribution in [0.2, 0.25) is 0 Å². The van der Waals surface area contributed by atoms with E-state index in [2.05, 4.69) is 15.5 Å². The fraction of sp³-hybridized carbons (Fsp3) is 0.235. The van der Waals surface area contributed by atoms with E-state index in [1.54, 1.807) is 17.1 Å². The first kappa shape index (κ1) is 16.8. The lowest BCUT2D eigenvalue weighted by Gasteiger charge is -2.14. The predicted molar refractivity (Wildman–Crippen MR) is 94.4 cm³/mol. The number of nitrogens with zero attached hydrogens (tertiary/aromatic N) is 4. The second-order valence-electron chi connectivity index (χ2n) is 6.00. The Balaban J connectivity index is 1.87. The number of thioether (sulfide) groups is 1. The molecule has 0 aliphatic carbocycles. The molecule has 3 aromatic rings. The zero-order chi connectivity index (χ0) is 18.4. The molecule has 1 aromatic carbocycles. The Labute approximate surface area is 152 Å². The second kappa shape index (κ2) is 6.24. The van der Waals surface area contributed by atoms with E-state index >= 15 is 0 Å². The highest BCUT2D eigenvalue weighted by molar-refractivity contribution is 8.00. The average molecular weight is 375 g/mol. The molecule has 0 bridgehead atoms. The maximum atomic E-state index is 14.2. The van der Waals surface area contributed by atoms with Gasteiger partial charge in [0.25, 0.3) is 0 Å². The van der Waals surface area contributed by atoms with Gasteiger partial charge < -0.3 is 5.32 Å². The van der Waals surface area contributed by atoms with Crippen LogP contribution in [0, 0.1) is 18.6 Å². The minimum Gasteiger partial charge on any atom is -0.310 e. The Morgan fingerprint density at radius 1 is 1.23 bits per heavy atom. The van der Waals surface area contributed by atoms with Gasteiger partial charge in [0.1, 0.15) is 17.3 Å². The average Bonchev–Trinajstić information content (AvgIpc) is 3.09. The maximum Gasteiger partial charge on any atom is 0.235 e. The molecular formula is C17H15F2N5OS. The highest BCUT2D eigenvalue weighted by atomic mass is 32.2. The molecule has 0 radical (unpaired) electrons. The lowest BCUT2D eigenvalue weighted by molar-refractivity contribution is -0.113. The van der Waals surface area contributed by atoms with E-state index in [-0.39, 0.29) is 22.6 Å². The Morgan fingerprint density at radius 2 is 2.00 bits per heavy atom. The van der Waals surface area contributed by atoms with Crippen molar-refractivity contribution in [2.75, 3.05) is 11.1 Å². The van der Waals surface area contributed by atoms with Gasteiger partial charge in [0, 0.05) is 29.9 Å². The highest BCUT2D eigenvalue weighted by Crippen LogP contribution is 2.43. The van der Waals surface area contributed by atoms with Crippen LogP contribution in [0.3, 0.4) is 0 Å². The Morgan fingerprint density at radius 3 is 2.69 bits per heavy atom. The minimum atomic E-state index is -0.754. The molecule has 6 nitrogen and oxygen atoms in total. The third-order valence-corrected chi connectivity index (χ3v) is 5.68. The number of carbonyl (C=O) groups is 1. The van der Waals surface area contributed by atoms with Crippen LogP contribution in [0.25, 0.3) is 5.69 Å². The summed E-state index contributed by atoms with van der Waals surface area (Å²) >= 11 is 1.46. The number of aromatic nitrogens is 4. The first-order chi connectivity index (χ1) is 12.5. The fourth-order valence-corrected chi connectivity index (χ4v) is 4.11. The van der Waals surface area contributed by atoms with Gasteiger partial charge in [0.05, 0.1) is 23.4 Å². The van der Waals surface area contributed by atoms with Crippen molar-refractivity contribution < 1.29 is 13.6 Å². The van der Waals surface area contributed by atoms with E-state index in [0.29, 0.717) is 5.82 Å². The van der Waals surface area contributed by atoms with Crippen LogP contribution in [-0.2, 0) is 11.8 Å². The van der Waals surface area contributed by atoms with E-state index in [4.69, 9.17) is 0 Å². The van der Waals surface area contributed by atoms with Gasteiger partial charge in [-0.2, -0.15) is 10.2 Å². The third-order valence-electron chi connectivity index (χ3n) is 4.41. The topological polar surface area (TPSA) is 64.7 Å². The summed E-state index contributed by atoms with van der Waals surface area (Å²) in [5.74, 6) is -0.994. The standard InChI is InChI=1S/C17H15F2N5OS/c1-9-11(6-20-23(9)2)16-12-7-21-24(17(12)22-15(25)8-26-16)14-4-3-10(18)5-13(14)19/h3-7,16H,8H2,1-2H3,(H,22,25)/t16-/m1/s1. The van der Waals surface area contributed by atoms with Crippen LogP contribution < -0.4 is 5.32 Å². The zero-order valence-corrected chi connectivity index (χ0v) is 14.8. The summed E-state index contributed by atoms with van der Waals surface area (Å²) in [6.45, 7) is 1.95. The summed E-state index contributed by atoms with van der Waals surface area (Å²) in [5, 5.41) is 11.1. The number of anilines is 1. The van der Waals surface area contributed by atoms with E-state index in [0.717, 1.165) is 29.0 Å². The molecular weight excluding hydrogens is 360 g/mol. The number of halogens is 2. The molecule has 1 aliphatic rings. The largest absolute Gasteiger partial charge is 0.310 e. The molecule has 1 N–H and O–H groups in total. The summed E-state index contributed by atoms with van der Waals surface area (Å²) in [4.78, 5) is 12.2. The van der Waals surface area contributed by atoms with Gasteiger partial charge in [-0.25, -0.2) is 13.5 Å². The molecule has 2 aromatic heterocycles. The number of amides is 1. The van der Waals surface area contributed by atoms with Crippen molar-refractivity contribution in [3.63, 3.8) is 0 Å². The quantitative estimate of drug-likeness (QED) is 0.748. The molecule has 134 valence electrons. The predicted octanol–water partition coefficient (Wildman–Crippen LogP) is 2.97. The van der Waals surface area contributed by atoms with Crippen molar-refractivity contribution in [1.29, 1.82) is 0 Å². The zero-order valence-electron chi connectivity index (χ0n) is 14.0. The molecule has 0 fully saturated rings. The Hall–Kier alpha value is -2.68. The molecule has 1 amide bonds. The van der Waals surface area contributed by atoms with Crippen LogP contribution in [0.1, 0.15) is 22.1 Å². The van der Waals surface area contributed by atoms with Crippen LogP contribution in [0.4, 0.5) is 14.6 Å². The molecule has 0 spiro atoms. The van der Waals surface area contributed by atoms with E-state index < -0.39 is 11.6 Å². The van der Waals surface area contributed by atoms with Crippen LogP contribution in [0.15, 0.2) is 30.6 Å². The van der Waals surface area contributed by atoms with E-state index in [1.165, 1.54) is 22.5 Å². The Bertz CT molecular complexity index is 1010. The van der Waals surface area contributed by atoms with Gasteiger partial charge in [-0.05, 0) is 19.1 Å². The van der Waals surface area contributed by atoms with Gasteiger partial charge in [-0.3, -0.25) is 9.48 Å². The molecule has 1 atom stereocenters. The number of benzene rings is 1. The molecule has 3 heterocycles. The number of hydrogen-bond acceptors (Lipinski definition) is 4. The smallest absolute Gasteiger partial charge is 0.235 e. The van der Waals surface area contributed by atoms with Crippen molar-refractivity contribution in [1.82, 2.24) is 19.6 Å². The number of nitrogens with one attached hydrogen (secondary N) is 1. The monoisotopic (exact) mass is 375 g/mol. The summed E-state index contributed by atoms with van der Waals surface area (Å²) in [7, 11) is 1.85. The lowest BCUT2D eigenvalue weighted by atomic mass is 10.1. The summed E-state index contributed by atoms with van der Waals surface area (Å²) in [6, 6.07) is 3.24. The van der Waals surface area contributed by atoms with Gasteiger partial charge in [0.15, 0.2) is 5.82 Å². The first-order valence-corrected chi connectivity index (χ1v) is 8.94. The van der Waals surface area contributed by atoms with E-state index in [1.807, 2.05) is 14.0 Å². The van der Waals surface area contributed by atoms with Crippen molar-refractivity contribution >= 4 is 23.5 Å². The number of aryl methyl sites for hydroxylation is 1. The number of hydrogen-bond donors (Lipinski definition) is 1. The van der Waals surface area contributed by atoms with Crippen molar-refractivity contribution in [2.24, 2.45) is 7.05 Å². The molecule has 4 rings (SSSR count). The molecule has 1 aliphatic heterocycles.